The van der Waals surface area contributed by atoms with Crippen LogP contribution < -0.4 is 0 Å². The molecule has 1 atom stereocenters. The minimum absolute atomic E-state index is 0.0353. The Balaban J connectivity index is 2.00. The molecule has 0 bridgehead atoms. The fourth-order valence-corrected chi connectivity index (χ4v) is 1.98. The monoisotopic (exact) mass is 339 g/mol. The molecule has 20 heavy (non-hydrogen) atoms. The minimum Gasteiger partial charge on any atom is -0.458 e. The molecule has 0 amide bonds. The van der Waals surface area contributed by atoms with Crippen molar-refractivity contribution in [2.45, 2.75) is 26.6 Å². The van der Waals surface area contributed by atoms with Crippen LogP contribution in [0.15, 0.2) is 33.3 Å². The van der Waals surface area contributed by atoms with Gasteiger partial charge in [-0.1, -0.05) is 33.2 Å². The second kappa shape index (κ2) is 6.19. The maximum Gasteiger partial charge on any atom is 0.339 e. The first-order valence-corrected chi connectivity index (χ1v) is 6.80. The lowest BCUT2D eigenvalue weighted by Gasteiger charge is -2.11. The Morgan fingerprint density at radius 1 is 1.40 bits per heavy atom. The highest BCUT2D eigenvalue weighted by Crippen LogP contribution is 2.19. The molecular weight excluding hydrogens is 326 g/mol. The molecule has 0 unspecified atom stereocenters. The van der Waals surface area contributed by atoms with Crippen LogP contribution in [0.3, 0.4) is 0 Å². The van der Waals surface area contributed by atoms with Crippen molar-refractivity contribution in [1.29, 1.82) is 0 Å². The van der Waals surface area contributed by atoms with Crippen molar-refractivity contribution in [1.82, 2.24) is 5.16 Å². The molecule has 0 aliphatic heterocycles. The summed E-state index contributed by atoms with van der Waals surface area (Å²) in [6, 6.07) is 6.82. The number of esters is 1. The maximum atomic E-state index is 11.8. The molecule has 0 saturated heterocycles. The summed E-state index contributed by atoms with van der Waals surface area (Å²) in [5.41, 5.74) is 1.88. The average Bonchev–Trinajstić information content (AvgIpc) is 2.75. The number of rotatable bonds is 4. The number of halogens is 1. The first-order chi connectivity index (χ1) is 9.49. The van der Waals surface area contributed by atoms with Gasteiger partial charge in [0.05, 0.1) is 11.3 Å². The van der Waals surface area contributed by atoms with Crippen molar-refractivity contribution in [2.75, 3.05) is 0 Å². The van der Waals surface area contributed by atoms with Crippen LogP contribution >= 0.6 is 15.9 Å². The van der Waals surface area contributed by atoms with Gasteiger partial charge >= 0.3 is 5.97 Å². The molecule has 1 N–H and O–H groups in total. The zero-order valence-electron chi connectivity index (χ0n) is 11.1. The summed E-state index contributed by atoms with van der Waals surface area (Å²) >= 11 is 3.29. The molecule has 0 radical (unpaired) electrons. The van der Waals surface area contributed by atoms with E-state index in [0.717, 1.165) is 10.0 Å². The summed E-state index contributed by atoms with van der Waals surface area (Å²) in [4.78, 5) is 11.8. The Morgan fingerprint density at radius 3 is 2.60 bits per heavy atom. The van der Waals surface area contributed by atoms with Gasteiger partial charge in [-0.2, -0.15) is 0 Å². The quantitative estimate of drug-likeness (QED) is 0.867. The van der Waals surface area contributed by atoms with Crippen molar-refractivity contribution in [3.8, 4) is 0 Å². The van der Waals surface area contributed by atoms with Gasteiger partial charge in [0.2, 0.25) is 0 Å². The molecule has 2 rings (SSSR count). The van der Waals surface area contributed by atoms with E-state index in [2.05, 4.69) is 21.1 Å². The molecule has 0 aliphatic rings. The van der Waals surface area contributed by atoms with Gasteiger partial charge in [-0.15, -0.1) is 0 Å². The van der Waals surface area contributed by atoms with Crippen molar-refractivity contribution >= 4 is 21.9 Å². The third-order valence-electron chi connectivity index (χ3n) is 2.95. The first kappa shape index (κ1) is 14.7. The molecule has 0 fully saturated rings. The minimum atomic E-state index is -1.30. The van der Waals surface area contributed by atoms with Gasteiger partial charge in [-0.3, -0.25) is 0 Å². The van der Waals surface area contributed by atoms with E-state index in [1.54, 1.807) is 38.1 Å². The van der Waals surface area contributed by atoms with Gasteiger partial charge in [0.25, 0.3) is 0 Å². The van der Waals surface area contributed by atoms with Crippen molar-refractivity contribution in [3.05, 3.63) is 51.3 Å². The van der Waals surface area contributed by atoms with Gasteiger partial charge in [-0.05, 0) is 31.5 Å². The van der Waals surface area contributed by atoms with E-state index in [4.69, 9.17) is 9.26 Å². The Labute approximate surface area is 124 Å². The maximum absolute atomic E-state index is 11.8. The van der Waals surface area contributed by atoms with E-state index in [0.29, 0.717) is 17.0 Å². The molecule has 1 heterocycles. The lowest BCUT2D eigenvalue weighted by molar-refractivity contribution is -0.155. The number of aromatic nitrogens is 1. The average molecular weight is 340 g/mol. The predicted octanol–water partition coefficient (Wildman–Crippen LogP) is 2.83. The van der Waals surface area contributed by atoms with Crippen LogP contribution in [0.5, 0.6) is 0 Å². The molecule has 0 aliphatic carbocycles. The van der Waals surface area contributed by atoms with Gasteiger partial charge in [0.1, 0.15) is 12.4 Å². The SMILES string of the molecule is Cc1noc(C)c1COC(=O)[C@@H](O)c1ccc(Br)cc1. The molecule has 2 aromatic rings. The summed E-state index contributed by atoms with van der Waals surface area (Å²) < 4.78 is 10.9. The second-order valence-corrected chi connectivity index (χ2v) is 5.28. The number of ether oxygens (including phenoxy) is 1. The number of carbonyl (C=O) groups excluding carboxylic acids is 1. The summed E-state index contributed by atoms with van der Waals surface area (Å²) in [7, 11) is 0. The number of nitrogens with zero attached hydrogens (tertiary/aromatic N) is 1. The van der Waals surface area contributed by atoms with Crippen LogP contribution in [0.1, 0.15) is 28.7 Å². The zero-order valence-corrected chi connectivity index (χ0v) is 12.7. The smallest absolute Gasteiger partial charge is 0.339 e. The molecule has 6 heteroatoms. The van der Waals surface area contributed by atoms with Crippen LogP contribution in [0.2, 0.25) is 0 Å². The van der Waals surface area contributed by atoms with Crippen LogP contribution in [0.4, 0.5) is 0 Å². The first-order valence-electron chi connectivity index (χ1n) is 6.01. The molecule has 106 valence electrons. The Hall–Kier alpha value is -1.66. The zero-order chi connectivity index (χ0) is 14.7. The number of hydrogen-bond acceptors (Lipinski definition) is 5. The van der Waals surface area contributed by atoms with Gasteiger partial charge < -0.3 is 14.4 Å². The highest BCUT2D eigenvalue weighted by atomic mass is 79.9. The number of benzene rings is 1. The highest BCUT2D eigenvalue weighted by molar-refractivity contribution is 9.10. The van der Waals surface area contributed by atoms with Crippen molar-refractivity contribution in [3.63, 3.8) is 0 Å². The number of aryl methyl sites for hydroxylation is 2. The fraction of sp³-hybridized carbons (Fsp3) is 0.286. The van der Waals surface area contributed by atoms with Crippen molar-refractivity contribution < 1.29 is 19.2 Å². The van der Waals surface area contributed by atoms with E-state index in [1.807, 2.05) is 0 Å². The summed E-state index contributed by atoms with van der Waals surface area (Å²) in [6.07, 6.45) is -1.30. The lowest BCUT2D eigenvalue weighted by Crippen LogP contribution is -2.15. The largest absolute Gasteiger partial charge is 0.458 e. The summed E-state index contributed by atoms with van der Waals surface area (Å²) in [6.45, 7) is 3.55. The van der Waals surface area contributed by atoms with E-state index >= 15 is 0 Å². The normalized spacial score (nSPS) is 12.2. The number of aliphatic hydroxyl groups is 1. The molecular formula is C14H14BrNO4. The summed E-state index contributed by atoms with van der Waals surface area (Å²) in [5.74, 6) is -0.0965. The number of hydrogen-bond donors (Lipinski definition) is 1. The molecule has 1 aromatic carbocycles. The third kappa shape index (κ3) is 3.26. The van der Waals surface area contributed by atoms with Crippen LogP contribution in [0.25, 0.3) is 0 Å². The molecule has 0 saturated carbocycles. The second-order valence-electron chi connectivity index (χ2n) is 4.36. The van der Waals surface area contributed by atoms with Crippen LogP contribution in [-0.4, -0.2) is 16.2 Å². The summed E-state index contributed by atoms with van der Waals surface area (Å²) in [5, 5.41) is 13.7. The molecule has 1 aromatic heterocycles. The van der Waals surface area contributed by atoms with Crippen LogP contribution in [0, 0.1) is 13.8 Å². The Kier molecular flexibility index (Phi) is 4.57. The van der Waals surface area contributed by atoms with Gasteiger partial charge in [0, 0.05) is 4.47 Å². The van der Waals surface area contributed by atoms with E-state index in [9.17, 15) is 9.90 Å². The lowest BCUT2D eigenvalue weighted by atomic mass is 10.1. The predicted molar refractivity (Wildman–Crippen MR) is 74.9 cm³/mol. The van der Waals surface area contributed by atoms with Gasteiger partial charge in [-0.25, -0.2) is 4.79 Å². The van der Waals surface area contributed by atoms with Crippen LogP contribution in [-0.2, 0) is 16.1 Å². The molecule has 5 nitrogen and oxygen atoms in total. The Bertz CT molecular complexity index is 587. The van der Waals surface area contributed by atoms with Gasteiger partial charge in [0.15, 0.2) is 6.10 Å². The third-order valence-corrected chi connectivity index (χ3v) is 3.48. The highest BCUT2D eigenvalue weighted by Gasteiger charge is 2.20. The van der Waals surface area contributed by atoms with E-state index < -0.39 is 12.1 Å². The van der Waals surface area contributed by atoms with E-state index in [1.165, 1.54) is 0 Å². The number of aliphatic hydroxyl groups excluding tert-OH is 1. The van der Waals surface area contributed by atoms with Crippen molar-refractivity contribution in [2.24, 2.45) is 0 Å². The number of carbonyl (C=O) groups is 1. The topological polar surface area (TPSA) is 72.6 Å². The molecule has 0 spiro atoms. The standard InChI is InChI=1S/C14H14BrNO4/c1-8-12(9(2)20-16-8)7-19-14(18)13(17)10-3-5-11(15)6-4-10/h3-6,13,17H,7H2,1-2H3/t13-/m0/s1. The Morgan fingerprint density at radius 2 is 2.05 bits per heavy atom. The fourth-order valence-electron chi connectivity index (χ4n) is 1.71. The van der Waals surface area contributed by atoms with E-state index in [-0.39, 0.29) is 6.61 Å².